The molecule has 0 saturated carbocycles. The summed E-state index contributed by atoms with van der Waals surface area (Å²) in [6.45, 7) is 0. The normalized spacial score (nSPS) is 11.9. The van der Waals surface area contributed by atoms with Gasteiger partial charge < -0.3 is 0 Å². The highest BCUT2D eigenvalue weighted by atomic mass is 15.0. The molecule has 0 fully saturated rings. The highest BCUT2D eigenvalue weighted by Gasteiger charge is 2.24. The fourth-order valence-electron chi connectivity index (χ4n) is 8.31. The highest BCUT2D eigenvalue weighted by Crippen LogP contribution is 2.43. The lowest BCUT2D eigenvalue weighted by atomic mass is 9.89. The van der Waals surface area contributed by atoms with E-state index in [1.807, 2.05) is 24.4 Å². The first-order valence-corrected chi connectivity index (χ1v) is 18.7. The maximum Gasteiger partial charge on any atom is 0.164 e. The van der Waals surface area contributed by atoms with Crippen LogP contribution in [0.3, 0.4) is 0 Å². The summed E-state index contributed by atoms with van der Waals surface area (Å²) in [6.07, 6.45) is 2.78. The Morgan fingerprint density at radius 2 is 0.964 bits per heavy atom. The Balaban J connectivity index is 1.18. The summed E-state index contributed by atoms with van der Waals surface area (Å²) in [6, 6.07) is 62.3. The summed E-state index contributed by atoms with van der Waals surface area (Å²) in [4.78, 5) is 20.5. The average Bonchev–Trinajstić information content (AvgIpc) is 3.65. The molecular formula is C51H32N4. The van der Waals surface area contributed by atoms with Gasteiger partial charge in [-0.25, -0.2) is 15.0 Å². The van der Waals surface area contributed by atoms with Crippen molar-refractivity contribution in [2.75, 3.05) is 0 Å². The number of pyridine rings is 1. The summed E-state index contributed by atoms with van der Waals surface area (Å²) >= 11 is 0. The molecule has 8 aromatic carbocycles. The van der Waals surface area contributed by atoms with Crippen molar-refractivity contribution < 1.29 is 0 Å². The molecule has 0 amide bonds. The van der Waals surface area contributed by atoms with Gasteiger partial charge in [-0.15, -0.1) is 0 Å². The van der Waals surface area contributed by atoms with Crippen LogP contribution in [0.1, 0.15) is 11.1 Å². The quantitative estimate of drug-likeness (QED) is 0.168. The molecule has 11 rings (SSSR count). The number of nitrogens with zero attached hydrogens (tertiary/aromatic N) is 4. The molecule has 0 atom stereocenters. The Bertz CT molecular complexity index is 3130. The van der Waals surface area contributed by atoms with Crippen LogP contribution in [0.15, 0.2) is 182 Å². The van der Waals surface area contributed by atoms with Gasteiger partial charge in [-0.1, -0.05) is 140 Å². The van der Waals surface area contributed by atoms with Crippen molar-refractivity contribution in [3.8, 4) is 67.7 Å². The Hall–Kier alpha value is -7.30. The van der Waals surface area contributed by atoms with E-state index < -0.39 is 0 Å². The Labute approximate surface area is 318 Å². The minimum atomic E-state index is 0.624. The number of rotatable bonds is 5. The predicted molar refractivity (Wildman–Crippen MR) is 226 cm³/mol. The van der Waals surface area contributed by atoms with Gasteiger partial charge in [0.15, 0.2) is 17.5 Å². The van der Waals surface area contributed by atoms with Gasteiger partial charge in [-0.05, 0) is 102 Å². The first-order chi connectivity index (χ1) is 27.2. The standard InChI is InChI=1S/C51H32N4/c1-2-13-33(14-3-1)49-53-50(37-23-22-32-12-4-5-15-34(32)26-37)55-51(54-49)40-28-38(42-24-25-52-48-43-19-9-7-17-36(43)31-47(42)48)27-39(29-40)46-30-35-16-6-8-18-41(35)44-20-10-11-21-45(44)46/h1-30H,31H2. The van der Waals surface area contributed by atoms with E-state index in [-0.39, 0.29) is 0 Å². The summed E-state index contributed by atoms with van der Waals surface area (Å²) in [5.74, 6) is 1.90. The third-order valence-corrected chi connectivity index (χ3v) is 11.0. The van der Waals surface area contributed by atoms with Gasteiger partial charge in [0.25, 0.3) is 0 Å². The third-order valence-electron chi connectivity index (χ3n) is 11.0. The highest BCUT2D eigenvalue weighted by molar-refractivity contribution is 6.14. The fraction of sp³-hybridized carbons (Fsp3) is 0.0196. The van der Waals surface area contributed by atoms with Crippen molar-refractivity contribution in [2.45, 2.75) is 6.42 Å². The lowest BCUT2D eigenvalue weighted by Gasteiger charge is -2.16. The van der Waals surface area contributed by atoms with Crippen molar-refractivity contribution in [2.24, 2.45) is 0 Å². The fourth-order valence-corrected chi connectivity index (χ4v) is 8.31. The first kappa shape index (κ1) is 31.2. The molecule has 55 heavy (non-hydrogen) atoms. The van der Waals surface area contributed by atoms with Gasteiger partial charge in [0.1, 0.15) is 0 Å². The van der Waals surface area contributed by atoms with Crippen molar-refractivity contribution in [1.29, 1.82) is 0 Å². The first-order valence-electron chi connectivity index (χ1n) is 18.7. The van der Waals surface area contributed by atoms with Crippen molar-refractivity contribution >= 4 is 32.3 Å². The average molecular weight is 701 g/mol. The SMILES string of the molecule is c1ccc(-c2nc(-c3cc(-c4ccnc5c4Cc4ccccc4-5)cc(-c4cc5ccccc5c5ccccc45)c3)nc(-c3ccc4ccccc4c3)n2)cc1. The second-order valence-electron chi connectivity index (χ2n) is 14.2. The van der Waals surface area contributed by atoms with Gasteiger partial charge in [0.05, 0.1) is 5.69 Å². The van der Waals surface area contributed by atoms with Crippen LogP contribution in [0.5, 0.6) is 0 Å². The molecular weight excluding hydrogens is 669 g/mol. The summed E-state index contributed by atoms with van der Waals surface area (Å²) < 4.78 is 0. The monoisotopic (exact) mass is 700 g/mol. The summed E-state index contributed by atoms with van der Waals surface area (Å²) in [5, 5.41) is 7.20. The van der Waals surface area contributed by atoms with E-state index in [1.165, 1.54) is 54.7 Å². The molecule has 4 heteroatoms. The second-order valence-corrected chi connectivity index (χ2v) is 14.2. The van der Waals surface area contributed by atoms with Crippen molar-refractivity contribution in [3.63, 3.8) is 0 Å². The molecule has 1 aliphatic rings. The van der Waals surface area contributed by atoms with Crippen molar-refractivity contribution in [3.05, 3.63) is 193 Å². The zero-order valence-corrected chi connectivity index (χ0v) is 29.8. The van der Waals surface area contributed by atoms with Crippen LogP contribution in [0, 0.1) is 0 Å². The van der Waals surface area contributed by atoms with Gasteiger partial charge >= 0.3 is 0 Å². The van der Waals surface area contributed by atoms with E-state index in [2.05, 4.69) is 158 Å². The maximum atomic E-state index is 5.26. The maximum absolute atomic E-state index is 5.26. The van der Waals surface area contributed by atoms with Crippen LogP contribution in [-0.2, 0) is 6.42 Å². The van der Waals surface area contributed by atoms with E-state index in [0.29, 0.717) is 17.5 Å². The topological polar surface area (TPSA) is 51.6 Å². The third kappa shape index (κ3) is 5.38. The van der Waals surface area contributed by atoms with E-state index in [9.17, 15) is 0 Å². The molecule has 0 spiro atoms. The zero-order chi connectivity index (χ0) is 36.3. The minimum absolute atomic E-state index is 0.624. The lowest BCUT2D eigenvalue weighted by molar-refractivity contribution is 1.07. The molecule has 0 unspecified atom stereocenters. The lowest BCUT2D eigenvalue weighted by Crippen LogP contribution is -2.01. The van der Waals surface area contributed by atoms with E-state index in [4.69, 9.17) is 19.9 Å². The van der Waals surface area contributed by atoms with Crippen LogP contribution >= 0.6 is 0 Å². The zero-order valence-electron chi connectivity index (χ0n) is 29.8. The summed E-state index contributed by atoms with van der Waals surface area (Å²) in [7, 11) is 0. The number of hydrogen-bond acceptors (Lipinski definition) is 4. The second kappa shape index (κ2) is 12.7. The van der Waals surface area contributed by atoms with Crippen LogP contribution in [-0.4, -0.2) is 19.9 Å². The van der Waals surface area contributed by atoms with Crippen molar-refractivity contribution in [1.82, 2.24) is 19.9 Å². The molecule has 2 heterocycles. The van der Waals surface area contributed by atoms with Crippen LogP contribution < -0.4 is 0 Å². The molecule has 1 aliphatic carbocycles. The predicted octanol–water partition coefficient (Wildman–Crippen LogP) is 12.6. The number of benzene rings is 8. The molecule has 0 saturated heterocycles. The van der Waals surface area contributed by atoms with E-state index in [1.54, 1.807) is 0 Å². The van der Waals surface area contributed by atoms with E-state index in [0.717, 1.165) is 45.3 Å². The molecule has 0 N–H and O–H groups in total. The molecule has 0 radical (unpaired) electrons. The number of hydrogen-bond donors (Lipinski definition) is 0. The smallest absolute Gasteiger partial charge is 0.164 e. The van der Waals surface area contributed by atoms with Gasteiger partial charge in [0, 0.05) is 34.9 Å². The molecule has 0 aliphatic heterocycles. The largest absolute Gasteiger partial charge is 0.256 e. The van der Waals surface area contributed by atoms with Crippen LogP contribution in [0.2, 0.25) is 0 Å². The summed E-state index contributed by atoms with van der Waals surface area (Å²) in [5.41, 5.74) is 12.2. The number of fused-ring (bicyclic) bond motifs is 7. The molecule has 256 valence electrons. The number of aromatic nitrogens is 4. The van der Waals surface area contributed by atoms with E-state index >= 15 is 0 Å². The van der Waals surface area contributed by atoms with Crippen LogP contribution in [0.4, 0.5) is 0 Å². The minimum Gasteiger partial charge on any atom is -0.256 e. The van der Waals surface area contributed by atoms with Gasteiger partial charge in [-0.2, -0.15) is 0 Å². The molecule has 4 nitrogen and oxygen atoms in total. The van der Waals surface area contributed by atoms with Gasteiger partial charge in [-0.3, -0.25) is 4.98 Å². The Kier molecular flexibility index (Phi) is 7.20. The van der Waals surface area contributed by atoms with Crippen LogP contribution in [0.25, 0.3) is 100.0 Å². The Morgan fingerprint density at radius 1 is 0.345 bits per heavy atom. The molecule has 0 bridgehead atoms. The molecule has 2 aromatic heterocycles. The van der Waals surface area contributed by atoms with Gasteiger partial charge in [0.2, 0.25) is 0 Å². The Morgan fingerprint density at radius 3 is 1.80 bits per heavy atom. The molecule has 10 aromatic rings.